The Morgan fingerprint density at radius 1 is 1.00 bits per heavy atom. The molecule has 1 aliphatic heterocycles. The van der Waals surface area contributed by atoms with E-state index in [1.807, 2.05) is 31.3 Å². The predicted octanol–water partition coefficient (Wildman–Crippen LogP) is 6.76. The van der Waals surface area contributed by atoms with Crippen molar-refractivity contribution in [2.45, 2.75) is 58.8 Å². The van der Waals surface area contributed by atoms with Gasteiger partial charge in [0.1, 0.15) is 17.3 Å². The molecule has 2 aromatic carbocycles. The molecule has 0 amide bonds. The molecule has 0 saturated heterocycles. The monoisotopic (exact) mass is 505 g/mol. The smallest absolute Gasteiger partial charge is 0.126 e. The zero-order valence-electron chi connectivity index (χ0n) is 22.1. The van der Waals surface area contributed by atoms with Gasteiger partial charge in [-0.05, 0) is 80.2 Å². The number of rotatable bonds is 9. The maximum absolute atomic E-state index is 5.77. The Bertz CT molecular complexity index is 1470. The molecule has 1 unspecified atom stereocenters. The molecule has 6 nitrogen and oxygen atoms in total. The molecule has 6 heteroatoms. The highest BCUT2D eigenvalue weighted by atomic mass is 16.3. The summed E-state index contributed by atoms with van der Waals surface area (Å²) in [6, 6.07) is 21.4. The van der Waals surface area contributed by atoms with E-state index in [9.17, 15) is 0 Å². The molecule has 3 heterocycles. The molecule has 194 valence electrons. The van der Waals surface area contributed by atoms with Crippen molar-refractivity contribution < 1.29 is 4.42 Å². The Morgan fingerprint density at radius 2 is 1.84 bits per heavy atom. The van der Waals surface area contributed by atoms with Crippen LogP contribution in [0.15, 0.2) is 100 Å². The Hall–Kier alpha value is -4.03. The van der Waals surface area contributed by atoms with Gasteiger partial charge in [-0.15, -0.1) is 0 Å². The summed E-state index contributed by atoms with van der Waals surface area (Å²) in [5.74, 6) is 2.91. The van der Waals surface area contributed by atoms with Crippen LogP contribution in [0, 0.1) is 6.92 Å². The van der Waals surface area contributed by atoms with E-state index in [1.54, 1.807) is 0 Å². The summed E-state index contributed by atoms with van der Waals surface area (Å²) in [6.45, 7) is 6.47. The molecule has 1 aliphatic carbocycles. The van der Waals surface area contributed by atoms with Gasteiger partial charge in [0.15, 0.2) is 0 Å². The molecule has 4 aromatic rings. The number of aromatic amines is 1. The van der Waals surface area contributed by atoms with Crippen molar-refractivity contribution in [3.63, 3.8) is 0 Å². The molecule has 0 spiro atoms. The Labute approximate surface area is 224 Å². The zero-order valence-corrected chi connectivity index (χ0v) is 22.1. The predicted molar refractivity (Wildman–Crippen MR) is 152 cm³/mol. The van der Waals surface area contributed by atoms with Crippen molar-refractivity contribution in [2.75, 3.05) is 0 Å². The van der Waals surface area contributed by atoms with E-state index in [4.69, 9.17) is 9.40 Å². The number of hydrogen-bond donors (Lipinski definition) is 3. The number of H-pyrrole nitrogens is 1. The second-order valence-electron chi connectivity index (χ2n) is 10.3. The van der Waals surface area contributed by atoms with E-state index in [0.717, 1.165) is 67.3 Å². The first-order chi connectivity index (χ1) is 18.6. The highest BCUT2D eigenvalue weighted by Gasteiger charge is 2.24. The fraction of sp³-hybridized carbons (Fsp3) is 0.281. The maximum atomic E-state index is 5.77. The Balaban J connectivity index is 1.21. The molecule has 2 aliphatic rings. The second-order valence-corrected chi connectivity index (χ2v) is 10.3. The normalized spacial score (nSPS) is 15.8. The van der Waals surface area contributed by atoms with Crippen molar-refractivity contribution in [1.82, 2.24) is 25.5 Å². The standard InChI is InChI=1S/C32H35N5O/c1-22-12-17-30(38-22)23(2)34-19-24-13-15-25(16-14-24)20-37(21-31-35-27-9-3-4-10-28(27)36-31)29-11-5-7-26-8-6-18-33-32(26)29/h3-4,6,8-10,12-18,23,33-34H,5,7,11,19-21H2,1-2H3,(H,35,36). The topological polar surface area (TPSA) is 69.1 Å². The van der Waals surface area contributed by atoms with Crippen molar-refractivity contribution >= 4 is 11.0 Å². The van der Waals surface area contributed by atoms with Crippen LogP contribution >= 0.6 is 0 Å². The van der Waals surface area contributed by atoms with Gasteiger partial charge in [-0.2, -0.15) is 0 Å². The molecule has 0 saturated carbocycles. The lowest BCUT2D eigenvalue weighted by Crippen LogP contribution is -2.29. The highest BCUT2D eigenvalue weighted by molar-refractivity contribution is 5.74. The first kappa shape index (κ1) is 24.3. The number of nitrogens with zero attached hydrogens (tertiary/aromatic N) is 2. The minimum atomic E-state index is 0.168. The van der Waals surface area contributed by atoms with E-state index in [1.165, 1.54) is 28.1 Å². The van der Waals surface area contributed by atoms with Gasteiger partial charge in [-0.3, -0.25) is 0 Å². The van der Waals surface area contributed by atoms with E-state index >= 15 is 0 Å². The van der Waals surface area contributed by atoms with Gasteiger partial charge >= 0.3 is 0 Å². The number of furan rings is 1. The molecular formula is C32H35N5O. The minimum absolute atomic E-state index is 0.168. The van der Waals surface area contributed by atoms with Gasteiger partial charge in [-0.1, -0.05) is 42.5 Å². The second kappa shape index (κ2) is 10.8. The van der Waals surface area contributed by atoms with Gasteiger partial charge in [0, 0.05) is 25.0 Å². The van der Waals surface area contributed by atoms with Crippen LogP contribution in [-0.4, -0.2) is 14.9 Å². The number of aromatic nitrogens is 2. The van der Waals surface area contributed by atoms with E-state index in [0.29, 0.717) is 0 Å². The summed E-state index contributed by atoms with van der Waals surface area (Å²) in [5, 5.41) is 7.12. The van der Waals surface area contributed by atoms with Crippen molar-refractivity contribution in [3.05, 3.63) is 124 Å². The number of allylic oxidation sites excluding steroid dienone is 4. The molecule has 1 atom stereocenters. The highest BCUT2D eigenvalue weighted by Crippen LogP contribution is 2.33. The third-order valence-electron chi connectivity index (χ3n) is 7.45. The lowest BCUT2D eigenvalue weighted by Gasteiger charge is -2.34. The van der Waals surface area contributed by atoms with Crippen LogP contribution in [-0.2, 0) is 19.6 Å². The number of aryl methyl sites for hydroxylation is 1. The summed E-state index contributed by atoms with van der Waals surface area (Å²) in [4.78, 5) is 10.9. The van der Waals surface area contributed by atoms with Gasteiger partial charge < -0.3 is 24.9 Å². The number of nitrogens with one attached hydrogen (secondary N) is 3. The third kappa shape index (κ3) is 5.31. The minimum Gasteiger partial charge on any atom is -0.465 e. The summed E-state index contributed by atoms with van der Waals surface area (Å²) >= 11 is 0. The molecule has 38 heavy (non-hydrogen) atoms. The summed E-state index contributed by atoms with van der Waals surface area (Å²) < 4.78 is 5.77. The van der Waals surface area contributed by atoms with E-state index in [2.05, 4.69) is 82.1 Å². The Kier molecular flexibility index (Phi) is 6.88. The number of imidazole rings is 1. The van der Waals surface area contributed by atoms with Gasteiger partial charge in [-0.25, -0.2) is 4.98 Å². The summed E-state index contributed by atoms with van der Waals surface area (Å²) in [6.07, 6.45) is 9.72. The number of fused-ring (bicyclic) bond motifs is 2. The van der Waals surface area contributed by atoms with Crippen molar-refractivity contribution in [3.8, 4) is 0 Å². The summed E-state index contributed by atoms with van der Waals surface area (Å²) in [5.41, 5.74) is 8.66. The molecule has 0 radical (unpaired) electrons. The first-order valence-electron chi connectivity index (χ1n) is 13.5. The number of hydrogen-bond acceptors (Lipinski definition) is 5. The molecule has 0 bridgehead atoms. The zero-order chi connectivity index (χ0) is 25.9. The number of dihydropyridines is 1. The molecular weight excluding hydrogens is 470 g/mol. The van der Waals surface area contributed by atoms with Crippen LogP contribution in [0.5, 0.6) is 0 Å². The lowest BCUT2D eigenvalue weighted by atomic mass is 9.93. The van der Waals surface area contributed by atoms with Gasteiger partial charge in [0.05, 0.1) is 29.3 Å². The van der Waals surface area contributed by atoms with Gasteiger partial charge in [0.2, 0.25) is 0 Å². The van der Waals surface area contributed by atoms with E-state index < -0.39 is 0 Å². The lowest BCUT2D eigenvalue weighted by molar-refractivity contribution is 0.299. The van der Waals surface area contributed by atoms with Crippen LogP contribution in [0.25, 0.3) is 11.0 Å². The largest absolute Gasteiger partial charge is 0.465 e. The molecule has 0 fully saturated rings. The third-order valence-corrected chi connectivity index (χ3v) is 7.45. The summed E-state index contributed by atoms with van der Waals surface area (Å²) in [7, 11) is 0. The van der Waals surface area contributed by atoms with E-state index in [-0.39, 0.29) is 6.04 Å². The maximum Gasteiger partial charge on any atom is 0.126 e. The molecule has 3 N–H and O–H groups in total. The molecule has 2 aromatic heterocycles. The fourth-order valence-electron chi connectivity index (χ4n) is 5.38. The van der Waals surface area contributed by atoms with Crippen molar-refractivity contribution in [1.29, 1.82) is 0 Å². The van der Waals surface area contributed by atoms with Crippen LogP contribution in [0.4, 0.5) is 0 Å². The van der Waals surface area contributed by atoms with Crippen molar-refractivity contribution in [2.24, 2.45) is 0 Å². The SMILES string of the molecule is Cc1ccc(C(C)NCc2ccc(CN(Cc3nc4ccccc4[nH]3)C3=C4NC=CC=C4CCC3)cc2)o1. The van der Waals surface area contributed by atoms with Crippen LogP contribution in [0.1, 0.15) is 60.7 Å². The average Bonchev–Trinajstić information content (AvgIpc) is 3.57. The Morgan fingerprint density at radius 3 is 2.66 bits per heavy atom. The number of benzene rings is 2. The van der Waals surface area contributed by atoms with Crippen LogP contribution in [0.2, 0.25) is 0 Å². The fourth-order valence-corrected chi connectivity index (χ4v) is 5.38. The number of para-hydroxylation sites is 2. The average molecular weight is 506 g/mol. The quantitative estimate of drug-likeness (QED) is 0.235. The van der Waals surface area contributed by atoms with Crippen LogP contribution in [0.3, 0.4) is 0 Å². The van der Waals surface area contributed by atoms with Gasteiger partial charge in [0.25, 0.3) is 0 Å². The molecule has 6 rings (SSSR count). The van der Waals surface area contributed by atoms with Crippen LogP contribution < -0.4 is 10.6 Å². The first-order valence-corrected chi connectivity index (χ1v) is 13.5.